The summed E-state index contributed by atoms with van der Waals surface area (Å²) in [7, 11) is 2.04. The highest BCUT2D eigenvalue weighted by Gasteiger charge is 2.37. The Kier molecular flexibility index (Phi) is 3.72. The lowest BCUT2D eigenvalue weighted by molar-refractivity contribution is 0.234. The summed E-state index contributed by atoms with van der Waals surface area (Å²) in [6, 6.07) is 8.67. The van der Waals surface area contributed by atoms with E-state index in [0.717, 1.165) is 12.3 Å². The fourth-order valence-corrected chi connectivity index (χ4v) is 2.67. The first-order valence-corrected chi connectivity index (χ1v) is 6.58. The van der Waals surface area contributed by atoms with Crippen LogP contribution in [0.2, 0.25) is 0 Å². The van der Waals surface area contributed by atoms with E-state index < -0.39 is 0 Å². The summed E-state index contributed by atoms with van der Waals surface area (Å²) in [5.41, 5.74) is 1.83. The van der Waals surface area contributed by atoms with Gasteiger partial charge < -0.3 is 10.1 Å². The molecule has 0 aliphatic heterocycles. The van der Waals surface area contributed by atoms with Crippen LogP contribution in [0.3, 0.4) is 0 Å². The third-order valence-corrected chi connectivity index (χ3v) is 3.66. The molecule has 0 heterocycles. The van der Waals surface area contributed by atoms with Crippen LogP contribution in [0, 0.1) is 0 Å². The predicted molar refractivity (Wildman–Crippen MR) is 71.7 cm³/mol. The molecule has 1 N–H and O–H groups in total. The second-order valence-corrected chi connectivity index (χ2v) is 5.36. The van der Waals surface area contributed by atoms with E-state index in [9.17, 15) is 0 Å². The fourth-order valence-electron chi connectivity index (χ4n) is 2.67. The average molecular weight is 233 g/mol. The number of hydrogen-bond donors (Lipinski definition) is 1. The smallest absolute Gasteiger partial charge is 0.119 e. The molecule has 1 aliphatic rings. The second-order valence-electron chi connectivity index (χ2n) is 5.36. The highest BCUT2D eigenvalue weighted by molar-refractivity contribution is 5.34. The standard InChI is InChI=1S/C15H23NO/c1-12(2)17-14-7-5-13(6-8-14)15(11-16-3)9-4-10-15/h5-8,12,16H,4,9-11H2,1-3H3. The largest absolute Gasteiger partial charge is 0.491 e. The lowest BCUT2D eigenvalue weighted by Gasteiger charge is -2.42. The maximum absolute atomic E-state index is 5.68. The second kappa shape index (κ2) is 5.09. The number of ether oxygens (including phenoxy) is 1. The number of benzene rings is 1. The third kappa shape index (κ3) is 2.63. The molecule has 1 saturated carbocycles. The third-order valence-electron chi connectivity index (χ3n) is 3.66. The van der Waals surface area contributed by atoms with Gasteiger partial charge in [0.1, 0.15) is 5.75 Å². The minimum atomic E-state index is 0.246. The van der Waals surface area contributed by atoms with Crippen LogP contribution in [0.4, 0.5) is 0 Å². The van der Waals surface area contributed by atoms with Crippen LogP contribution in [0.1, 0.15) is 38.7 Å². The number of nitrogens with one attached hydrogen (secondary N) is 1. The molecule has 94 valence electrons. The van der Waals surface area contributed by atoms with Crippen molar-refractivity contribution in [3.05, 3.63) is 29.8 Å². The molecular weight excluding hydrogens is 210 g/mol. The molecule has 1 aromatic rings. The van der Waals surface area contributed by atoms with Crippen molar-refractivity contribution in [3.8, 4) is 5.75 Å². The average Bonchev–Trinajstić information content (AvgIpc) is 2.24. The Balaban J connectivity index is 2.11. The minimum Gasteiger partial charge on any atom is -0.491 e. The molecule has 1 aromatic carbocycles. The van der Waals surface area contributed by atoms with Crippen LogP contribution in [0.25, 0.3) is 0 Å². The van der Waals surface area contributed by atoms with E-state index in [1.807, 2.05) is 7.05 Å². The Labute approximate surface area is 104 Å². The molecule has 0 atom stereocenters. The van der Waals surface area contributed by atoms with Crippen LogP contribution in [0.15, 0.2) is 24.3 Å². The Morgan fingerprint density at radius 1 is 1.24 bits per heavy atom. The number of likely N-dealkylation sites (N-methyl/N-ethyl adjacent to an activating group) is 1. The SMILES string of the molecule is CNCC1(c2ccc(OC(C)C)cc2)CCC1. The minimum absolute atomic E-state index is 0.246. The van der Waals surface area contributed by atoms with Gasteiger partial charge in [-0.1, -0.05) is 18.6 Å². The van der Waals surface area contributed by atoms with Crippen molar-refractivity contribution in [1.82, 2.24) is 5.32 Å². The van der Waals surface area contributed by atoms with Gasteiger partial charge in [0.15, 0.2) is 0 Å². The molecule has 0 amide bonds. The summed E-state index contributed by atoms with van der Waals surface area (Å²) in [5, 5.41) is 3.32. The van der Waals surface area contributed by atoms with E-state index in [1.165, 1.54) is 24.8 Å². The van der Waals surface area contributed by atoms with Gasteiger partial charge in [-0.25, -0.2) is 0 Å². The molecule has 0 bridgehead atoms. The Bertz CT molecular complexity index is 352. The summed E-state index contributed by atoms with van der Waals surface area (Å²) < 4.78 is 5.68. The molecule has 0 saturated heterocycles. The van der Waals surface area contributed by atoms with E-state index in [-0.39, 0.29) is 6.10 Å². The highest BCUT2D eigenvalue weighted by atomic mass is 16.5. The zero-order chi connectivity index (χ0) is 12.3. The predicted octanol–water partition coefficient (Wildman–Crippen LogP) is 3.11. The van der Waals surface area contributed by atoms with Gasteiger partial charge in [0, 0.05) is 12.0 Å². The topological polar surface area (TPSA) is 21.3 Å². The summed E-state index contributed by atoms with van der Waals surface area (Å²) in [4.78, 5) is 0. The van der Waals surface area contributed by atoms with Gasteiger partial charge >= 0.3 is 0 Å². The molecule has 0 aromatic heterocycles. The van der Waals surface area contributed by atoms with Gasteiger partial charge in [0.25, 0.3) is 0 Å². The van der Waals surface area contributed by atoms with E-state index in [4.69, 9.17) is 4.74 Å². The summed E-state index contributed by atoms with van der Waals surface area (Å²) >= 11 is 0. The van der Waals surface area contributed by atoms with Crippen molar-refractivity contribution in [3.63, 3.8) is 0 Å². The van der Waals surface area contributed by atoms with Crippen LogP contribution >= 0.6 is 0 Å². The van der Waals surface area contributed by atoms with Crippen LogP contribution in [-0.4, -0.2) is 19.7 Å². The molecule has 0 spiro atoms. The van der Waals surface area contributed by atoms with E-state index in [0.29, 0.717) is 5.41 Å². The van der Waals surface area contributed by atoms with Crippen molar-refractivity contribution in [2.24, 2.45) is 0 Å². The maximum Gasteiger partial charge on any atom is 0.119 e. The fraction of sp³-hybridized carbons (Fsp3) is 0.600. The van der Waals surface area contributed by atoms with E-state index in [1.54, 1.807) is 0 Å². The van der Waals surface area contributed by atoms with Crippen molar-refractivity contribution in [2.75, 3.05) is 13.6 Å². The highest BCUT2D eigenvalue weighted by Crippen LogP contribution is 2.43. The van der Waals surface area contributed by atoms with Crippen molar-refractivity contribution in [1.29, 1.82) is 0 Å². The first-order valence-electron chi connectivity index (χ1n) is 6.58. The van der Waals surface area contributed by atoms with Gasteiger partial charge in [-0.05, 0) is 51.4 Å². The van der Waals surface area contributed by atoms with Crippen molar-refractivity contribution in [2.45, 2.75) is 44.6 Å². The zero-order valence-electron chi connectivity index (χ0n) is 11.1. The van der Waals surface area contributed by atoms with Crippen LogP contribution < -0.4 is 10.1 Å². The Hall–Kier alpha value is -1.02. The van der Waals surface area contributed by atoms with Crippen LogP contribution in [-0.2, 0) is 5.41 Å². The molecule has 2 nitrogen and oxygen atoms in total. The van der Waals surface area contributed by atoms with Gasteiger partial charge in [0.05, 0.1) is 6.10 Å². The maximum atomic E-state index is 5.68. The van der Waals surface area contributed by atoms with Gasteiger partial charge in [0.2, 0.25) is 0 Å². The van der Waals surface area contributed by atoms with Gasteiger partial charge in [-0.3, -0.25) is 0 Å². The summed E-state index contributed by atoms with van der Waals surface area (Å²) in [6.45, 7) is 5.20. The number of hydrogen-bond acceptors (Lipinski definition) is 2. The monoisotopic (exact) mass is 233 g/mol. The summed E-state index contributed by atoms with van der Waals surface area (Å²) in [6.07, 6.45) is 4.21. The first-order chi connectivity index (χ1) is 8.16. The first kappa shape index (κ1) is 12.4. The van der Waals surface area contributed by atoms with E-state index in [2.05, 4.69) is 43.4 Å². The Morgan fingerprint density at radius 2 is 1.88 bits per heavy atom. The molecule has 2 heteroatoms. The quantitative estimate of drug-likeness (QED) is 0.843. The Morgan fingerprint density at radius 3 is 2.29 bits per heavy atom. The zero-order valence-corrected chi connectivity index (χ0v) is 11.1. The van der Waals surface area contributed by atoms with Crippen molar-refractivity contribution < 1.29 is 4.74 Å². The molecule has 17 heavy (non-hydrogen) atoms. The normalized spacial score (nSPS) is 17.9. The molecular formula is C15H23NO. The van der Waals surface area contributed by atoms with Crippen LogP contribution in [0.5, 0.6) is 5.75 Å². The molecule has 0 radical (unpaired) electrons. The number of rotatable bonds is 5. The summed E-state index contributed by atoms with van der Waals surface area (Å²) in [5.74, 6) is 0.975. The van der Waals surface area contributed by atoms with Gasteiger partial charge in [-0.15, -0.1) is 0 Å². The molecule has 2 rings (SSSR count). The molecule has 0 unspecified atom stereocenters. The molecule has 1 aliphatic carbocycles. The lowest BCUT2D eigenvalue weighted by Crippen LogP contribution is -2.42. The van der Waals surface area contributed by atoms with Gasteiger partial charge in [-0.2, -0.15) is 0 Å². The van der Waals surface area contributed by atoms with E-state index >= 15 is 0 Å². The van der Waals surface area contributed by atoms with Crippen molar-refractivity contribution >= 4 is 0 Å². The lowest BCUT2D eigenvalue weighted by atomic mass is 9.64. The molecule has 1 fully saturated rings.